The van der Waals surface area contributed by atoms with Crippen LogP contribution in [0.5, 0.6) is 0 Å². The Morgan fingerprint density at radius 1 is 1.35 bits per heavy atom. The monoisotopic (exact) mass is 289 g/mol. The van der Waals surface area contributed by atoms with Crippen LogP contribution in [-0.4, -0.2) is 17.9 Å². The van der Waals surface area contributed by atoms with Gasteiger partial charge in [0.15, 0.2) is 5.13 Å². The van der Waals surface area contributed by atoms with Gasteiger partial charge in [0, 0.05) is 12.7 Å². The summed E-state index contributed by atoms with van der Waals surface area (Å²) >= 11 is 1.38. The first kappa shape index (κ1) is 14.5. The molecular weight excluding hydrogens is 270 g/mol. The molecule has 20 heavy (non-hydrogen) atoms. The maximum absolute atomic E-state index is 11.7. The Labute approximate surface area is 123 Å². The number of anilines is 2. The highest BCUT2D eigenvalue weighted by Gasteiger charge is 2.15. The van der Waals surface area contributed by atoms with Gasteiger partial charge in [-0.3, -0.25) is 4.79 Å². The average molecular weight is 289 g/mol. The average Bonchev–Trinajstić information content (AvgIpc) is 2.81. The molecule has 0 atom stereocenters. The van der Waals surface area contributed by atoms with Crippen LogP contribution in [-0.2, 0) is 6.42 Å². The van der Waals surface area contributed by atoms with Crippen LogP contribution in [0, 0.1) is 13.8 Å². The van der Waals surface area contributed by atoms with Gasteiger partial charge in [0.05, 0.1) is 5.69 Å². The summed E-state index contributed by atoms with van der Waals surface area (Å²) < 4.78 is 0. The van der Waals surface area contributed by atoms with Crippen molar-refractivity contribution < 1.29 is 4.79 Å². The molecule has 5 heteroatoms. The van der Waals surface area contributed by atoms with Gasteiger partial charge in [0.1, 0.15) is 4.88 Å². The van der Waals surface area contributed by atoms with Gasteiger partial charge in [-0.25, -0.2) is 4.98 Å². The number of rotatable bonds is 4. The second-order valence-corrected chi connectivity index (χ2v) is 5.60. The van der Waals surface area contributed by atoms with Crippen molar-refractivity contribution >= 4 is 28.1 Å². The first-order chi connectivity index (χ1) is 9.56. The molecule has 0 aliphatic rings. The highest BCUT2D eigenvalue weighted by Crippen LogP contribution is 2.29. The largest absolute Gasteiger partial charge is 0.354 e. The van der Waals surface area contributed by atoms with E-state index in [-0.39, 0.29) is 5.91 Å². The Hall–Kier alpha value is -1.88. The zero-order valence-electron chi connectivity index (χ0n) is 12.2. The van der Waals surface area contributed by atoms with E-state index in [1.165, 1.54) is 22.5 Å². The Morgan fingerprint density at radius 2 is 2.10 bits per heavy atom. The molecule has 0 fully saturated rings. The van der Waals surface area contributed by atoms with Gasteiger partial charge in [0.2, 0.25) is 0 Å². The molecule has 0 aliphatic carbocycles. The van der Waals surface area contributed by atoms with Crippen LogP contribution in [0.15, 0.2) is 18.2 Å². The summed E-state index contributed by atoms with van der Waals surface area (Å²) in [5.74, 6) is -0.0893. The zero-order chi connectivity index (χ0) is 14.7. The number of hydrogen-bond donors (Lipinski definition) is 2. The maximum Gasteiger partial charge on any atom is 0.263 e. The lowest BCUT2D eigenvalue weighted by Crippen LogP contribution is -2.17. The molecule has 0 bridgehead atoms. The maximum atomic E-state index is 11.7. The van der Waals surface area contributed by atoms with Crippen molar-refractivity contribution in [2.75, 3.05) is 12.4 Å². The summed E-state index contributed by atoms with van der Waals surface area (Å²) in [6, 6.07) is 6.24. The number of hydrogen-bond acceptors (Lipinski definition) is 4. The Bertz CT molecular complexity index is 634. The molecule has 1 heterocycles. The van der Waals surface area contributed by atoms with Crippen molar-refractivity contribution in [2.45, 2.75) is 27.2 Å². The summed E-state index contributed by atoms with van der Waals surface area (Å²) in [6.07, 6.45) is 0.955. The number of para-hydroxylation sites is 1. The first-order valence-corrected chi connectivity index (χ1v) is 7.43. The van der Waals surface area contributed by atoms with Gasteiger partial charge >= 0.3 is 0 Å². The molecule has 0 aliphatic heterocycles. The topological polar surface area (TPSA) is 54.0 Å². The number of carbonyl (C=O) groups excluding carboxylic acids is 1. The van der Waals surface area contributed by atoms with E-state index in [2.05, 4.69) is 47.7 Å². The van der Waals surface area contributed by atoms with Gasteiger partial charge in [-0.15, -0.1) is 0 Å². The van der Waals surface area contributed by atoms with Crippen LogP contribution in [0.1, 0.15) is 33.4 Å². The smallest absolute Gasteiger partial charge is 0.263 e. The molecule has 0 spiro atoms. The summed E-state index contributed by atoms with van der Waals surface area (Å²) in [4.78, 5) is 16.8. The van der Waals surface area contributed by atoms with E-state index in [0.717, 1.165) is 22.9 Å². The summed E-state index contributed by atoms with van der Waals surface area (Å²) in [5.41, 5.74) is 4.27. The van der Waals surface area contributed by atoms with Crippen molar-refractivity contribution in [3.05, 3.63) is 39.9 Å². The Kier molecular flexibility index (Phi) is 4.39. The second-order valence-electron chi connectivity index (χ2n) is 4.60. The number of amides is 1. The standard InChI is InChI=1S/C15H19N3OS/c1-5-11-8-6-7-9(2)12(11)18-15-17-10(3)13(20-15)14(19)16-4/h6-8H,5H2,1-4H3,(H,16,19)(H,17,18). The van der Waals surface area contributed by atoms with Gasteiger partial charge < -0.3 is 10.6 Å². The lowest BCUT2D eigenvalue weighted by atomic mass is 10.1. The van der Waals surface area contributed by atoms with E-state index in [1.54, 1.807) is 7.05 Å². The summed E-state index contributed by atoms with van der Waals surface area (Å²) in [7, 11) is 1.63. The molecule has 1 amide bonds. The fraction of sp³-hybridized carbons (Fsp3) is 0.333. The van der Waals surface area contributed by atoms with Crippen LogP contribution in [0.2, 0.25) is 0 Å². The molecule has 0 unspecified atom stereocenters. The van der Waals surface area contributed by atoms with E-state index in [4.69, 9.17) is 0 Å². The molecule has 2 rings (SSSR count). The van der Waals surface area contributed by atoms with E-state index < -0.39 is 0 Å². The number of nitrogens with one attached hydrogen (secondary N) is 2. The Balaban J connectivity index is 2.34. The number of aryl methyl sites for hydroxylation is 3. The van der Waals surface area contributed by atoms with Crippen molar-refractivity contribution in [3.63, 3.8) is 0 Å². The summed E-state index contributed by atoms with van der Waals surface area (Å²) in [6.45, 7) is 6.05. The number of nitrogens with zero attached hydrogens (tertiary/aromatic N) is 1. The van der Waals surface area contributed by atoms with E-state index in [0.29, 0.717) is 4.88 Å². The van der Waals surface area contributed by atoms with Crippen molar-refractivity contribution in [2.24, 2.45) is 0 Å². The molecule has 2 N–H and O–H groups in total. The molecule has 1 aromatic carbocycles. The van der Waals surface area contributed by atoms with E-state index in [9.17, 15) is 4.79 Å². The highest BCUT2D eigenvalue weighted by molar-refractivity contribution is 7.17. The van der Waals surface area contributed by atoms with E-state index in [1.807, 2.05) is 6.92 Å². The molecule has 0 radical (unpaired) electrons. The lowest BCUT2D eigenvalue weighted by molar-refractivity contribution is 0.0966. The quantitative estimate of drug-likeness (QED) is 0.906. The minimum atomic E-state index is -0.0893. The molecule has 2 aromatic rings. The van der Waals surface area contributed by atoms with Gasteiger partial charge in [0.25, 0.3) is 5.91 Å². The second kappa shape index (κ2) is 6.05. The zero-order valence-corrected chi connectivity index (χ0v) is 13.0. The molecular formula is C15H19N3OS. The number of aromatic nitrogens is 1. The SMILES string of the molecule is CCc1cccc(C)c1Nc1nc(C)c(C(=O)NC)s1. The van der Waals surface area contributed by atoms with Crippen LogP contribution < -0.4 is 10.6 Å². The molecule has 0 saturated carbocycles. The minimum Gasteiger partial charge on any atom is -0.354 e. The first-order valence-electron chi connectivity index (χ1n) is 6.61. The fourth-order valence-corrected chi connectivity index (χ4v) is 3.00. The molecule has 1 aromatic heterocycles. The Morgan fingerprint density at radius 3 is 2.75 bits per heavy atom. The lowest BCUT2D eigenvalue weighted by Gasteiger charge is -2.11. The van der Waals surface area contributed by atoms with Crippen LogP contribution >= 0.6 is 11.3 Å². The highest BCUT2D eigenvalue weighted by atomic mass is 32.1. The predicted octanol–water partition coefficient (Wildman–Crippen LogP) is 3.43. The third-order valence-electron chi connectivity index (χ3n) is 3.20. The molecule has 106 valence electrons. The molecule has 4 nitrogen and oxygen atoms in total. The van der Waals surface area contributed by atoms with Crippen LogP contribution in [0.3, 0.4) is 0 Å². The van der Waals surface area contributed by atoms with E-state index >= 15 is 0 Å². The van der Waals surface area contributed by atoms with Gasteiger partial charge in [-0.1, -0.05) is 36.5 Å². The normalized spacial score (nSPS) is 10.4. The van der Waals surface area contributed by atoms with Gasteiger partial charge in [-0.2, -0.15) is 0 Å². The van der Waals surface area contributed by atoms with Crippen molar-refractivity contribution in [3.8, 4) is 0 Å². The predicted molar refractivity (Wildman–Crippen MR) is 84.1 cm³/mol. The van der Waals surface area contributed by atoms with Crippen molar-refractivity contribution in [1.29, 1.82) is 0 Å². The number of carbonyl (C=O) groups is 1. The fourth-order valence-electron chi connectivity index (χ4n) is 2.08. The van der Waals surface area contributed by atoms with Crippen LogP contribution in [0.4, 0.5) is 10.8 Å². The number of thiazole rings is 1. The van der Waals surface area contributed by atoms with Crippen LogP contribution in [0.25, 0.3) is 0 Å². The summed E-state index contributed by atoms with van der Waals surface area (Å²) in [5, 5.41) is 6.75. The molecule has 0 saturated heterocycles. The number of benzene rings is 1. The minimum absolute atomic E-state index is 0.0893. The van der Waals surface area contributed by atoms with Gasteiger partial charge in [-0.05, 0) is 31.4 Å². The van der Waals surface area contributed by atoms with Crippen molar-refractivity contribution in [1.82, 2.24) is 10.3 Å². The third kappa shape index (κ3) is 2.82. The third-order valence-corrected chi connectivity index (χ3v) is 4.27.